The Morgan fingerprint density at radius 2 is 2.13 bits per heavy atom. The van der Waals surface area contributed by atoms with Gasteiger partial charge < -0.3 is 15.0 Å². The molecule has 4 nitrogen and oxygen atoms in total. The highest BCUT2D eigenvalue weighted by atomic mass is 32.2. The van der Waals surface area contributed by atoms with E-state index < -0.39 is 0 Å². The van der Waals surface area contributed by atoms with Crippen LogP contribution < -0.4 is 5.32 Å². The molecule has 5 heteroatoms. The molecule has 1 unspecified atom stereocenters. The number of benzene rings is 1. The molecule has 0 aromatic heterocycles. The van der Waals surface area contributed by atoms with E-state index in [0.29, 0.717) is 6.04 Å². The van der Waals surface area contributed by atoms with E-state index in [4.69, 9.17) is 4.74 Å². The molecule has 2 aliphatic heterocycles. The van der Waals surface area contributed by atoms with Crippen molar-refractivity contribution in [1.82, 2.24) is 10.2 Å². The summed E-state index contributed by atoms with van der Waals surface area (Å²) < 4.78 is 5.11. The summed E-state index contributed by atoms with van der Waals surface area (Å²) in [6.45, 7) is 4.08. The molecule has 1 saturated heterocycles. The molecule has 2 aliphatic rings. The van der Waals surface area contributed by atoms with Crippen molar-refractivity contribution in [2.45, 2.75) is 36.1 Å². The Kier molecular flexibility index (Phi) is 5.97. The molecule has 0 saturated carbocycles. The molecule has 1 aromatic rings. The van der Waals surface area contributed by atoms with Crippen molar-refractivity contribution in [2.24, 2.45) is 0 Å². The number of ether oxygens (including phenoxy) is 1. The van der Waals surface area contributed by atoms with E-state index >= 15 is 0 Å². The van der Waals surface area contributed by atoms with Gasteiger partial charge >= 0.3 is 0 Å². The van der Waals surface area contributed by atoms with Crippen molar-refractivity contribution >= 4 is 17.7 Å². The van der Waals surface area contributed by atoms with Gasteiger partial charge in [-0.25, -0.2) is 0 Å². The first-order chi connectivity index (χ1) is 11.3. The minimum Gasteiger partial charge on any atom is -0.385 e. The maximum absolute atomic E-state index is 12.6. The normalized spacial score (nSPS) is 22.0. The number of carbonyl (C=O) groups excluding carboxylic acids is 1. The van der Waals surface area contributed by atoms with Crippen LogP contribution in [0, 0.1) is 0 Å². The second kappa shape index (κ2) is 8.18. The monoisotopic (exact) mass is 334 g/mol. The maximum atomic E-state index is 12.6. The zero-order valence-electron chi connectivity index (χ0n) is 13.8. The second-order valence-corrected chi connectivity index (χ2v) is 7.43. The summed E-state index contributed by atoms with van der Waals surface area (Å²) in [7, 11) is 1.75. The van der Waals surface area contributed by atoms with Crippen molar-refractivity contribution in [3.05, 3.63) is 29.8 Å². The number of nitrogens with zero attached hydrogens (tertiary/aromatic N) is 1. The number of rotatable bonds is 6. The fourth-order valence-corrected chi connectivity index (χ4v) is 4.64. The van der Waals surface area contributed by atoms with Gasteiger partial charge in [0.15, 0.2) is 0 Å². The molecule has 0 radical (unpaired) electrons. The summed E-state index contributed by atoms with van der Waals surface area (Å²) in [6, 6.07) is 8.62. The number of fused-ring (bicyclic) bond motifs is 1. The molecule has 2 heterocycles. The highest BCUT2D eigenvalue weighted by Crippen LogP contribution is 2.39. The molecule has 3 rings (SSSR count). The van der Waals surface area contributed by atoms with Crippen LogP contribution in [0.1, 0.15) is 30.7 Å². The first kappa shape index (κ1) is 16.8. The van der Waals surface area contributed by atoms with Crippen molar-refractivity contribution in [2.75, 3.05) is 39.1 Å². The van der Waals surface area contributed by atoms with Gasteiger partial charge in [-0.1, -0.05) is 18.2 Å². The van der Waals surface area contributed by atoms with Crippen LogP contribution in [-0.2, 0) is 9.53 Å². The zero-order valence-corrected chi connectivity index (χ0v) is 14.6. The largest absolute Gasteiger partial charge is 0.385 e. The lowest BCUT2D eigenvalue weighted by molar-refractivity contribution is -0.123. The average molecular weight is 334 g/mol. The van der Waals surface area contributed by atoms with Crippen LogP contribution in [0.25, 0.3) is 0 Å². The Morgan fingerprint density at radius 3 is 2.91 bits per heavy atom. The summed E-state index contributed by atoms with van der Waals surface area (Å²) in [5, 5.41) is 3.29. The van der Waals surface area contributed by atoms with Crippen LogP contribution in [0.4, 0.5) is 0 Å². The predicted octanol–water partition coefficient (Wildman–Crippen LogP) is 2.49. The summed E-state index contributed by atoms with van der Waals surface area (Å²) in [5.41, 5.74) is 1.20. The van der Waals surface area contributed by atoms with E-state index in [0.717, 1.165) is 51.3 Å². The third-order valence-electron chi connectivity index (χ3n) is 4.77. The highest BCUT2D eigenvalue weighted by molar-refractivity contribution is 7.99. The van der Waals surface area contributed by atoms with Gasteiger partial charge in [0.05, 0.1) is 5.92 Å². The molecule has 126 valence electrons. The fraction of sp³-hybridized carbons (Fsp3) is 0.611. The van der Waals surface area contributed by atoms with E-state index in [1.165, 1.54) is 10.5 Å². The lowest BCUT2D eigenvalue weighted by Crippen LogP contribution is -2.46. The van der Waals surface area contributed by atoms with Crippen LogP contribution in [-0.4, -0.2) is 56.0 Å². The van der Waals surface area contributed by atoms with E-state index in [1.54, 1.807) is 18.9 Å². The lowest BCUT2D eigenvalue weighted by Gasteiger charge is -2.32. The van der Waals surface area contributed by atoms with E-state index in [-0.39, 0.29) is 11.8 Å². The SMILES string of the molecule is COCCCN1CCC(NC(=O)C2CSc3ccccc32)CC1. The van der Waals surface area contributed by atoms with Gasteiger partial charge in [0.25, 0.3) is 0 Å². The summed E-state index contributed by atoms with van der Waals surface area (Å²) in [5.74, 6) is 1.11. The van der Waals surface area contributed by atoms with Gasteiger partial charge in [0.1, 0.15) is 0 Å². The zero-order chi connectivity index (χ0) is 16.1. The first-order valence-corrected chi connectivity index (χ1v) is 9.50. The van der Waals surface area contributed by atoms with Crippen LogP contribution in [0.5, 0.6) is 0 Å². The molecule has 1 fully saturated rings. The average Bonchev–Trinajstić information content (AvgIpc) is 3.01. The number of carbonyl (C=O) groups is 1. The van der Waals surface area contributed by atoms with Crippen LogP contribution >= 0.6 is 11.8 Å². The summed E-state index contributed by atoms with van der Waals surface area (Å²) in [4.78, 5) is 16.4. The molecular weight excluding hydrogens is 308 g/mol. The van der Waals surface area contributed by atoms with Crippen molar-refractivity contribution < 1.29 is 9.53 Å². The second-order valence-electron chi connectivity index (χ2n) is 6.37. The van der Waals surface area contributed by atoms with Gasteiger partial charge in [-0.15, -0.1) is 11.8 Å². The number of hydrogen-bond acceptors (Lipinski definition) is 4. The standard InChI is InChI=1S/C18H26N2O2S/c1-22-12-4-9-20-10-7-14(8-11-20)19-18(21)16-13-23-17-6-3-2-5-15(16)17/h2-3,5-6,14,16H,4,7-13H2,1H3,(H,19,21). The molecule has 1 amide bonds. The van der Waals surface area contributed by atoms with E-state index in [2.05, 4.69) is 22.3 Å². The third-order valence-corrected chi connectivity index (χ3v) is 5.96. The first-order valence-electron chi connectivity index (χ1n) is 8.51. The van der Waals surface area contributed by atoms with E-state index in [1.807, 2.05) is 12.1 Å². The Hall–Kier alpha value is -1.04. The Labute approximate surface area is 143 Å². The molecule has 23 heavy (non-hydrogen) atoms. The van der Waals surface area contributed by atoms with Crippen LogP contribution in [0.3, 0.4) is 0 Å². The van der Waals surface area contributed by atoms with E-state index in [9.17, 15) is 4.79 Å². The number of amides is 1. The highest BCUT2D eigenvalue weighted by Gasteiger charge is 2.30. The lowest BCUT2D eigenvalue weighted by atomic mass is 9.98. The van der Waals surface area contributed by atoms with Crippen molar-refractivity contribution in [3.8, 4) is 0 Å². The molecule has 0 bridgehead atoms. The molecule has 1 N–H and O–H groups in total. The van der Waals surface area contributed by atoms with Gasteiger partial charge in [0.2, 0.25) is 5.91 Å². The number of likely N-dealkylation sites (tertiary alicyclic amines) is 1. The molecule has 1 aromatic carbocycles. The fourth-order valence-electron chi connectivity index (χ4n) is 3.41. The Balaban J connectivity index is 1.45. The Bertz CT molecular complexity index is 530. The number of methoxy groups -OCH3 is 1. The van der Waals surface area contributed by atoms with Crippen LogP contribution in [0.2, 0.25) is 0 Å². The van der Waals surface area contributed by atoms with Gasteiger partial charge in [-0.05, 0) is 30.9 Å². The summed E-state index contributed by atoms with van der Waals surface area (Å²) in [6.07, 6.45) is 3.20. The smallest absolute Gasteiger partial charge is 0.228 e. The maximum Gasteiger partial charge on any atom is 0.228 e. The number of hydrogen-bond donors (Lipinski definition) is 1. The Morgan fingerprint density at radius 1 is 1.35 bits per heavy atom. The van der Waals surface area contributed by atoms with Crippen molar-refractivity contribution in [1.29, 1.82) is 0 Å². The number of piperidine rings is 1. The number of nitrogens with one attached hydrogen (secondary N) is 1. The topological polar surface area (TPSA) is 41.6 Å². The van der Waals surface area contributed by atoms with Crippen LogP contribution in [0.15, 0.2) is 29.2 Å². The molecule has 0 spiro atoms. The molecule has 0 aliphatic carbocycles. The van der Waals surface area contributed by atoms with Crippen molar-refractivity contribution in [3.63, 3.8) is 0 Å². The predicted molar refractivity (Wildman–Crippen MR) is 94.0 cm³/mol. The minimum absolute atomic E-state index is 0.0240. The minimum atomic E-state index is 0.0240. The summed E-state index contributed by atoms with van der Waals surface area (Å²) >= 11 is 1.80. The third kappa shape index (κ3) is 4.28. The van der Waals surface area contributed by atoms with Gasteiger partial charge in [0, 0.05) is 50.0 Å². The quantitative estimate of drug-likeness (QED) is 0.812. The molecular formula is C18H26N2O2S. The van der Waals surface area contributed by atoms with Gasteiger partial charge in [-0.3, -0.25) is 4.79 Å². The van der Waals surface area contributed by atoms with Gasteiger partial charge in [-0.2, -0.15) is 0 Å². The number of thioether (sulfide) groups is 1. The molecule has 1 atom stereocenters.